The molecule has 0 unspecified atom stereocenters. The molecule has 0 saturated carbocycles. The number of rotatable bonds is 5. The smallest absolute Gasteiger partial charge is 0.349 e. The van der Waals surface area contributed by atoms with E-state index in [2.05, 4.69) is 143 Å². The zero-order valence-electron chi connectivity index (χ0n) is 28.3. The molecule has 236 valence electrons. The van der Waals surface area contributed by atoms with E-state index >= 15 is 0 Å². The van der Waals surface area contributed by atoms with Gasteiger partial charge in [0.2, 0.25) is 0 Å². The van der Waals surface area contributed by atoms with E-state index in [0.717, 1.165) is 12.2 Å². The zero-order valence-corrected chi connectivity index (χ0v) is 30.3. The van der Waals surface area contributed by atoms with Gasteiger partial charge in [-0.05, 0) is 27.9 Å². The van der Waals surface area contributed by atoms with Crippen molar-refractivity contribution in [1.29, 1.82) is 0 Å². The molecule has 0 aliphatic carbocycles. The van der Waals surface area contributed by atoms with Crippen molar-refractivity contribution in [2.75, 3.05) is 6.61 Å². The average molecular weight is 623 g/mol. The molecule has 5 atom stereocenters. The molecule has 7 heteroatoms. The Hall–Kier alpha value is -1.75. The van der Waals surface area contributed by atoms with Gasteiger partial charge in [0.05, 0.1) is 12.4 Å². The van der Waals surface area contributed by atoms with Crippen molar-refractivity contribution in [3.63, 3.8) is 0 Å². The SMILES string of the molecule is CC(C)C1=CC[C@@H]2O[C@@H]3CO[Si](C(C)(C)C)(C(C)(C)C)O[C@H]3[C@H](O[Si](c3ccccc3)(c3ccccc3)C(C)(C)C)[C@H]2O1. The molecule has 3 heterocycles. The Morgan fingerprint density at radius 3 is 1.77 bits per heavy atom. The van der Waals surface area contributed by atoms with Crippen LogP contribution >= 0.6 is 0 Å². The topological polar surface area (TPSA) is 46.2 Å². The predicted molar refractivity (Wildman–Crippen MR) is 180 cm³/mol. The summed E-state index contributed by atoms with van der Waals surface area (Å²) in [6.45, 7) is 25.5. The third-order valence-corrected chi connectivity index (χ3v) is 19.7. The Morgan fingerprint density at radius 2 is 1.30 bits per heavy atom. The fourth-order valence-electron chi connectivity index (χ4n) is 7.77. The molecule has 0 aromatic heterocycles. The molecule has 0 amide bonds. The van der Waals surface area contributed by atoms with Crippen LogP contribution in [0.3, 0.4) is 0 Å². The van der Waals surface area contributed by atoms with Crippen LogP contribution in [-0.4, -0.2) is 54.0 Å². The van der Waals surface area contributed by atoms with Crippen molar-refractivity contribution in [1.82, 2.24) is 0 Å². The molecule has 2 saturated heterocycles. The molecular formula is C36H54O5Si2. The number of benzene rings is 2. The second kappa shape index (κ2) is 11.6. The molecule has 43 heavy (non-hydrogen) atoms. The minimum absolute atomic E-state index is 0.127. The highest BCUT2D eigenvalue weighted by molar-refractivity contribution is 6.99. The summed E-state index contributed by atoms with van der Waals surface area (Å²) in [6, 6.07) is 21.8. The van der Waals surface area contributed by atoms with Crippen LogP contribution in [0.25, 0.3) is 0 Å². The summed E-state index contributed by atoms with van der Waals surface area (Å²) < 4.78 is 36.1. The van der Waals surface area contributed by atoms with Gasteiger partial charge in [0.1, 0.15) is 24.4 Å². The second-order valence-electron chi connectivity index (χ2n) is 16.0. The van der Waals surface area contributed by atoms with Crippen LogP contribution in [0.5, 0.6) is 0 Å². The minimum Gasteiger partial charge on any atom is -0.489 e. The molecule has 0 spiro atoms. The van der Waals surface area contributed by atoms with Gasteiger partial charge in [-0.25, -0.2) is 0 Å². The minimum atomic E-state index is -2.94. The molecule has 0 radical (unpaired) electrons. The Morgan fingerprint density at radius 1 is 0.767 bits per heavy atom. The lowest BCUT2D eigenvalue weighted by molar-refractivity contribution is -0.247. The van der Waals surface area contributed by atoms with Crippen LogP contribution in [0.15, 0.2) is 72.5 Å². The fraction of sp³-hybridized carbons (Fsp3) is 0.611. The van der Waals surface area contributed by atoms with Crippen molar-refractivity contribution in [3.05, 3.63) is 72.5 Å². The summed E-state index contributed by atoms with van der Waals surface area (Å²) in [5, 5.41) is 2.01. The Balaban J connectivity index is 1.71. The molecule has 2 aromatic carbocycles. The van der Waals surface area contributed by atoms with Crippen LogP contribution in [0.1, 0.15) is 82.6 Å². The average Bonchev–Trinajstić information content (AvgIpc) is 2.94. The predicted octanol–water partition coefficient (Wildman–Crippen LogP) is 7.49. The maximum Gasteiger partial charge on any atom is 0.349 e. The third kappa shape index (κ3) is 5.63. The van der Waals surface area contributed by atoms with E-state index in [1.54, 1.807) is 0 Å². The highest BCUT2D eigenvalue weighted by atomic mass is 28.4. The highest BCUT2D eigenvalue weighted by Crippen LogP contribution is 2.56. The van der Waals surface area contributed by atoms with Gasteiger partial charge in [-0.2, -0.15) is 0 Å². The van der Waals surface area contributed by atoms with Crippen LogP contribution in [0.4, 0.5) is 0 Å². The first kappa shape index (κ1) is 32.6. The van der Waals surface area contributed by atoms with E-state index in [4.69, 9.17) is 22.8 Å². The molecule has 2 aromatic rings. The van der Waals surface area contributed by atoms with E-state index in [1.165, 1.54) is 10.4 Å². The maximum absolute atomic E-state index is 7.95. The van der Waals surface area contributed by atoms with Gasteiger partial charge in [0, 0.05) is 16.0 Å². The quantitative estimate of drug-likeness (QED) is 0.324. The lowest BCUT2D eigenvalue weighted by Crippen LogP contribution is -2.76. The van der Waals surface area contributed by atoms with Crippen molar-refractivity contribution < 1.29 is 22.8 Å². The second-order valence-corrected chi connectivity index (χ2v) is 25.1. The highest BCUT2D eigenvalue weighted by Gasteiger charge is 2.66. The molecule has 0 bridgehead atoms. The molecule has 2 fully saturated rings. The number of fused-ring (bicyclic) bond motifs is 2. The number of allylic oxidation sites excluding steroid dienone is 1. The van der Waals surface area contributed by atoms with Gasteiger partial charge in [-0.3, -0.25) is 0 Å². The Kier molecular flexibility index (Phi) is 8.77. The third-order valence-electron chi connectivity index (χ3n) is 9.58. The van der Waals surface area contributed by atoms with Gasteiger partial charge in [-0.15, -0.1) is 0 Å². The molecular weight excluding hydrogens is 569 g/mol. The largest absolute Gasteiger partial charge is 0.489 e. The lowest BCUT2D eigenvalue weighted by Gasteiger charge is -2.60. The zero-order chi connectivity index (χ0) is 31.4. The Bertz CT molecular complexity index is 1220. The van der Waals surface area contributed by atoms with Gasteiger partial charge in [-0.1, -0.05) is 137 Å². The monoisotopic (exact) mass is 622 g/mol. The van der Waals surface area contributed by atoms with E-state index in [-0.39, 0.29) is 51.6 Å². The van der Waals surface area contributed by atoms with Crippen LogP contribution in [0.2, 0.25) is 15.1 Å². The summed E-state index contributed by atoms with van der Waals surface area (Å²) in [5.41, 5.74) is 0. The fourth-order valence-corrected chi connectivity index (χ4v) is 17.4. The van der Waals surface area contributed by atoms with Crippen LogP contribution < -0.4 is 10.4 Å². The van der Waals surface area contributed by atoms with Crippen LogP contribution in [-0.2, 0) is 22.8 Å². The molecule has 3 aliphatic rings. The first-order valence-electron chi connectivity index (χ1n) is 16.1. The summed E-state index contributed by atoms with van der Waals surface area (Å²) in [6.07, 6.45) is 1.72. The molecule has 5 rings (SSSR count). The molecule has 3 aliphatic heterocycles. The van der Waals surface area contributed by atoms with E-state index in [0.29, 0.717) is 6.61 Å². The standard InChI is InChI=1S/C36H54O5Si2/c1-25(2)28-22-23-29-31(39-28)33(32-30(38-29)24-37-43(41-32,35(6,7)8)36(9,10)11)40-42(34(3,4)5,26-18-14-12-15-19-26)27-20-16-13-17-21-27/h12-22,25,29-33H,23-24H2,1-11H3/t29-,30+,31-,32+,33+/m0/s1. The summed E-state index contributed by atoms with van der Waals surface area (Å²) in [7, 11) is -5.76. The summed E-state index contributed by atoms with van der Waals surface area (Å²) in [4.78, 5) is 0. The van der Waals surface area contributed by atoms with Crippen molar-refractivity contribution in [2.45, 2.75) is 128 Å². The normalized spacial score (nSPS) is 28.0. The van der Waals surface area contributed by atoms with Crippen molar-refractivity contribution in [3.8, 4) is 0 Å². The molecule has 5 nitrogen and oxygen atoms in total. The number of ether oxygens (including phenoxy) is 2. The van der Waals surface area contributed by atoms with E-state index in [9.17, 15) is 0 Å². The summed E-state index contributed by atoms with van der Waals surface area (Å²) in [5.74, 6) is 1.29. The number of hydrogen-bond acceptors (Lipinski definition) is 5. The van der Waals surface area contributed by atoms with Crippen molar-refractivity contribution in [2.24, 2.45) is 5.92 Å². The maximum atomic E-state index is 7.95. The van der Waals surface area contributed by atoms with E-state index < -0.39 is 16.9 Å². The van der Waals surface area contributed by atoms with Gasteiger partial charge < -0.3 is 22.8 Å². The Labute approximate surface area is 262 Å². The first-order chi connectivity index (χ1) is 20.0. The van der Waals surface area contributed by atoms with Gasteiger partial charge >= 0.3 is 8.56 Å². The molecule has 0 N–H and O–H groups in total. The van der Waals surface area contributed by atoms with E-state index in [1.807, 2.05) is 0 Å². The van der Waals surface area contributed by atoms with Crippen molar-refractivity contribution >= 4 is 27.3 Å². The van der Waals surface area contributed by atoms with Gasteiger partial charge in [0.25, 0.3) is 8.32 Å². The number of hydrogen-bond donors (Lipinski definition) is 0. The summed E-state index contributed by atoms with van der Waals surface area (Å²) >= 11 is 0. The lowest BCUT2D eigenvalue weighted by atomic mass is 9.91. The van der Waals surface area contributed by atoms with Gasteiger partial charge in [0.15, 0.2) is 6.10 Å². The first-order valence-corrected chi connectivity index (χ1v) is 19.9. The van der Waals surface area contributed by atoms with Crippen LogP contribution in [0, 0.1) is 5.92 Å².